The Labute approximate surface area is 249 Å². The number of para-hydroxylation sites is 2. The van der Waals surface area contributed by atoms with Crippen LogP contribution in [-0.2, 0) is 18.0 Å². The fourth-order valence-electron chi connectivity index (χ4n) is 4.04. The highest BCUT2D eigenvalue weighted by molar-refractivity contribution is 5.98. The summed E-state index contributed by atoms with van der Waals surface area (Å²) < 4.78 is 17.2. The molecule has 0 fully saturated rings. The van der Waals surface area contributed by atoms with Gasteiger partial charge in [-0.15, -0.1) is 0 Å². The van der Waals surface area contributed by atoms with E-state index in [9.17, 15) is 19.5 Å². The van der Waals surface area contributed by atoms with Gasteiger partial charge >= 0.3 is 6.09 Å². The van der Waals surface area contributed by atoms with Crippen LogP contribution in [0, 0.1) is 0 Å². The normalized spacial score (nSPS) is 10.3. The van der Waals surface area contributed by atoms with Crippen molar-refractivity contribution in [3.63, 3.8) is 0 Å². The van der Waals surface area contributed by atoms with Crippen molar-refractivity contribution in [1.82, 2.24) is 15.8 Å². The van der Waals surface area contributed by atoms with Crippen molar-refractivity contribution < 1.29 is 33.7 Å². The molecule has 3 N–H and O–H groups in total. The number of carbonyl (C=O) groups is 3. The second kappa shape index (κ2) is 15.5. The highest BCUT2D eigenvalue weighted by Gasteiger charge is 2.22. The Hall–Kier alpha value is -5.51. The Morgan fingerprint density at radius 1 is 0.721 bits per heavy atom. The lowest BCUT2D eigenvalue weighted by atomic mass is 10.1. The highest BCUT2D eigenvalue weighted by atomic mass is 16.6. The largest absolute Gasteiger partial charge is 0.507 e. The van der Waals surface area contributed by atoms with Crippen molar-refractivity contribution in [2.45, 2.75) is 20.1 Å². The Morgan fingerprint density at radius 2 is 1.33 bits per heavy atom. The first-order chi connectivity index (χ1) is 21.0. The maximum atomic E-state index is 13.4. The molecule has 10 nitrogen and oxygen atoms in total. The number of carbonyl (C=O) groups excluding carboxylic acids is 3. The number of nitrogens with zero attached hydrogens (tertiary/aromatic N) is 1. The summed E-state index contributed by atoms with van der Waals surface area (Å²) in [7, 11) is 0. The molecule has 4 aromatic rings. The van der Waals surface area contributed by atoms with E-state index in [2.05, 4.69) is 10.7 Å². The number of amides is 3. The van der Waals surface area contributed by atoms with Gasteiger partial charge in [-0.1, -0.05) is 78.9 Å². The average Bonchev–Trinajstić information content (AvgIpc) is 3.03. The molecule has 0 bridgehead atoms. The minimum atomic E-state index is -0.816. The Balaban J connectivity index is 1.47. The van der Waals surface area contributed by atoms with Gasteiger partial charge in [0, 0.05) is 6.54 Å². The quantitative estimate of drug-likeness (QED) is 0.199. The zero-order valence-corrected chi connectivity index (χ0v) is 23.7. The zero-order valence-electron chi connectivity index (χ0n) is 23.7. The van der Waals surface area contributed by atoms with Crippen molar-refractivity contribution >= 4 is 17.9 Å². The summed E-state index contributed by atoms with van der Waals surface area (Å²) in [4.78, 5) is 38.6. The number of hydrogen-bond donors (Lipinski definition) is 3. The third-order valence-corrected chi connectivity index (χ3v) is 6.18. The lowest BCUT2D eigenvalue weighted by Crippen LogP contribution is -2.49. The van der Waals surface area contributed by atoms with Gasteiger partial charge < -0.3 is 24.6 Å². The summed E-state index contributed by atoms with van der Waals surface area (Å²) in [6.45, 7) is 2.04. The van der Waals surface area contributed by atoms with Crippen LogP contribution in [0.5, 0.6) is 17.2 Å². The number of nitrogens with one attached hydrogen (secondary N) is 2. The molecule has 10 heteroatoms. The molecule has 3 amide bonds. The van der Waals surface area contributed by atoms with Gasteiger partial charge in [-0.05, 0) is 42.3 Å². The van der Waals surface area contributed by atoms with Gasteiger partial charge in [0.2, 0.25) is 0 Å². The number of aromatic hydroxyl groups is 1. The highest BCUT2D eigenvalue weighted by Crippen LogP contribution is 2.33. The third-order valence-electron chi connectivity index (χ3n) is 6.18. The van der Waals surface area contributed by atoms with Gasteiger partial charge in [0.15, 0.2) is 11.5 Å². The predicted molar refractivity (Wildman–Crippen MR) is 160 cm³/mol. The van der Waals surface area contributed by atoms with Gasteiger partial charge in [-0.3, -0.25) is 15.0 Å². The SMILES string of the molecule is CCOC(=O)N(CCNC(=O)c1cccc(OCc2ccccc2)c1OCc1ccccc1)NC(=O)c1ccccc1O. The molecular formula is C33H33N3O7. The van der Waals surface area contributed by atoms with E-state index in [0.717, 1.165) is 16.1 Å². The van der Waals surface area contributed by atoms with Crippen molar-refractivity contribution in [3.05, 3.63) is 125 Å². The number of hydrogen-bond acceptors (Lipinski definition) is 7. The Kier molecular flexibility index (Phi) is 11.0. The van der Waals surface area contributed by atoms with Gasteiger partial charge in [0.05, 0.1) is 24.3 Å². The van der Waals surface area contributed by atoms with E-state index >= 15 is 0 Å². The molecule has 0 radical (unpaired) electrons. The van der Waals surface area contributed by atoms with E-state index < -0.39 is 17.9 Å². The summed E-state index contributed by atoms with van der Waals surface area (Å²) in [6, 6.07) is 30.2. The number of ether oxygens (including phenoxy) is 3. The molecule has 43 heavy (non-hydrogen) atoms. The second-order valence-corrected chi connectivity index (χ2v) is 9.25. The van der Waals surface area contributed by atoms with Gasteiger partial charge in [0.25, 0.3) is 11.8 Å². The standard InChI is InChI=1S/C33H33N3O7/c1-2-41-33(40)36(35-32(39)26-16-9-10-18-28(26)37)21-20-34-31(38)27-17-11-19-29(42-22-24-12-5-3-6-13-24)30(27)43-23-25-14-7-4-8-15-25/h3-19,37H,2,20-23H2,1H3,(H,34,38)(H,35,39). The molecule has 0 aliphatic heterocycles. The lowest BCUT2D eigenvalue weighted by Gasteiger charge is -2.23. The first kappa shape index (κ1) is 30.4. The first-order valence-corrected chi connectivity index (χ1v) is 13.7. The summed E-state index contributed by atoms with van der Waals surface area (Å²) in [5.41, 5.74) is 4.51. The molecule has 0 saturated carbocycles. The Bertz CT molecular complexity index is 1510. The molecule has 0 spiro atoms. The van der Waals surface area contributed by atoms with E-state index in [1.807, 2.05) is 60.7 Å². The monoisotopic (exact) mass is 583 g/mol. The maximum Gasteiger partial charge on any atom is 0.428 e. The molecule has 0 atom stereocenters. The minimum absolute atomic E-state index is 0.0200. The van der Waals surface area contributed by atoms with Crippen LogP contribution in [0.1, 0.15) is 38.8 Å². The van der Waals surface area contributed by atoms with Gasteiger partial charge in [0.1, 0.15) is 19.0 Å². The van der Waals surface area contributed by atoms with Crippen LogP contribution < -0.4 is 20.2 Å². The van der Waals surface area contributed by atoms with Gasteiger partial charge in [-0.2, -0.15) is 0 Å². The lowest BCUT2D eigenvalue weighted by molar-refractivity contribution is 0.0654. The molecule has 0 saturated heterocycles. The molecular weight excluding hydrogens is 550 g/mol. The molecule has 222 valence electrons. The minimum Gasteiger partial charge on any atom is -0.507 e. The van der Waals surface area contributed by atoms with E-state index in [1.54, 1.807) is 37.3 Å². The summed E-state index contributed by atoms with van der Waals surface area (Å²) in [5.74, 6) is -0.749. The third kappa shape index (κ3) is 8.74. The maximum absolute atomic E-state index is 13.4. The first-order valence-electron chi connectivity index (χ1n) is 13.7. The number of benzene rings is 4. The summed E-state index contributed by atoms with van der Waals surface area (Å²) >= 11 is 0. The Morgan fingerprint density at radius 3 is 1.98 bits per heavy atom. The molecule has 4 aromatic carbocycles. The fourth-order valence-corrected chi connectivity index (χ4v) is 4.04. The van der Waals surface area contributed by atoms with Crippen molar-refractivity contribution in [3.8, 4) is 17.2 Å². The molecule has 0 aliphatic carbocycles. The van der Waals surface area contributed by atoms with Crippen LogP contribution in [0.4, 0.5) is 4.79 Å². The number of phenolic OH excluding ortho intramolecular Hbond substituents is 1. The summed E-state index contributed by atoms with van der Waals surface area (Å²) in [6.07, 6.45) is -0.816. The van der Waals surface area contributed by atoms with E-state index in [-0.39, 0.29) is 55.5 Å². The second-order valence-electron chi connectivity index (χ2n) is 9.25. The number of rotatable bonds is 12. The van der Waals surface area contributed by atoms with Crippen LogP contribution in [0.25, 0.3) is 0 Å². The summed E-state index contributed by atoms with van der Waals surface area (Å²) in [5, 5.41) is 13.7. The van der Waals surface area contributed by atoms with E-state index in [0.29, 0.717) is 5.75 Å². The van der Waals surface area contributed by atoms with E-state index in [1.165, 1.54) is 12.1 Å². The van der Waals surface area contributed by atoms with Crippen LogP contribution in [0.15, 0.2) is 103 Å². The topological polar surface area (TPSA) is 126 Å². The zero-order chi connectivity index (χ0) is 30.4. The van der Waals surface area contributed by atoms with Crippen LogP contribution >= 0.6 is 0 Å². The average molecular weight is 584 g/mol. The number of phenols is 1. The molecule has 4 rings (SSSR count). The van der Waals surface area contributed by atoms with Crippen molar-refractivity contribution in [2.75, 3.05) is 19.7 Å². The van der Waals surface area contributed by atoms with Gasteiger partial charge in [-0.25, -0.2) is 9.80 Å². The smallest absolute Gasteiger partial charge is 0.428 e. The molecule has 0 heterocycles. The van der Waals surface area contributed by atoms with Crippen molar-refractivity contribution in [1.29, 1.82) is 0 Å². The van der Waals surface area contributed by atoms with Crippen LogP contribution in [0.2, 0.25) is 0 Å². The molecule has 0 aliphatic rings. The predicted octanol–water partition coefficient (Wildman–Crippen LogP) is 5.08. The number of hydrazine groups is 1. The molecule has 0 unspecified atom stereocenters. The van der Waals surface area contributed by atoms with Crippen LogP contribution in [-0.4, -0.2) is 47.7 Å². The molecule has 0 aromatic heterocycles. The van der Waals surface area contributed by atoms with Crippen LogP contribution in [0.3, 0.4) is 0 Å². The van der Waals surface area contributed by atoms with Crippen molar-refractivity contribution in [2.24, 2.45) is 0 Å². The van der Waals surface area contributed by atoms with E-state index in [4.69, 9.17) is 14.2 Å². The fraction of sp³-hybridized carbons (Fsp3) is 0.182.